The Morgan fingerprint density at radius 3 is 2.67 bits per heavy atom. The fourth-order valence-corrected chi connectivity index (χ4v) is 5.27. The first-order valence-electron chi connectivity index (χ1n) is 6.99. The molecule has 4 rings (SSSR count). The number of carbonyl (C=O) groups excluding carboxylic acids is 1. The molecular formula is C15H17NO2. The van der Waals surface area contributed by atoms with Crippen molar-refractivity contribution in [3.63, 3.8) is 0 Å². The molecule has 3 nitrogen and oxygen atoms in total. The quantitative estimate of drug-likeness (QED) is 0.404. The Morgan fingerprint density at radius 2 is 2.00 bits per heavy atom. The van der Waals surface area contributed by atoms with Crippen molar-refractivity contribution in [2.24, 2.45) is 23.7 Å². The van der Waals surface area contributed by atoms with Crippen molar-refractivity contribution in [3.8, 4) is 6.07 Å². The van der Waals surface area contributed by atoms with Crippen molar-refractivity contribution in [1.82, 2.24) is 0 Å². The van der Waals surface area contributed by atoms with Crippen LogP contribution >= 0.6 is 0 Å². The summed E-state index contributed by atoms with van der Waals surface area (Å²) in [5.41, 5.74) is 2.37. The summed E-state index contributed by atoms with van der Waals surface area (Å²) in [7, 11) is 0. The Balaban J connectivity index is 1.76. The highest BCUT2D eigenvalue weighted by Gasteiger charge is 2.62. The highest BCUT2D eigenvalue weighted by Crippen LogP contribution is 2.66. The summed E-state index contributed by atoms with van der Waals surface area (Å²) in [4.78, 5) is 11.3. The van der Waals surface area contributed by atoms with Gasteiger partial charge in [-0.05, 0) is 43.4 Å². The van der Waals surface area contributed by atoms with Gasteiger partial charge in [-0.15, -0.1) is 0 Å². The highest BCUT2D eigenvalue weighted by molar-refractivity contribution is 5.67. The Morgan fingerprint density at radius 1 is 1.28 bits per heavy atom. The van der Waals surface area contributed by atoms with Gasteiger partial charge >= 0.3 is 5.97 Å². The summed E-state index contributed by atoms with van der Waals surface area (Å²) in [6.07, 6.45) is 5.74. The van der Waals surface area contributed by atoms with Crippen molar-refractivity contribution in [3.05, 3.63) is 11.1 Å². The number of nitrogens with zero attached hydrogens (tertiary/aromatic N) is 1. The fraction of sp³-hybridized carbons (Fsp3) is 0.733. The molecule has 5 atom stereocenters. The molecule has 2 saturated carbocycles. The van der Waals surface area contributed by atoms with Crippen molar-refractivity contribution in [2.75, 3.05) is 0 Å². The number of fused-ring (bicyclic) bond motifs is 8. The van der Waals surface area contributed by atoms with Gasteiger partial charge in [0.2, 0.25) is 5.60 Å². The molecule has 0 aromatic rings. The third kappa shape index (κ3) is 1.07. The third-order valence-corrected chi connectivity index (χ3v) is 5.61. The number of nitriles is 1. The molecule has 0 spiro atoms. The molecule has 0 aromatic heterocycles. The summed E-state index contributed by atoms with van der Waals surface area (Å²) in [6, 6.07) is 2.34. The predicted octanol–water partition coefficient (Wildman–Crippen LogP) is 2.58. The molecule has 0 heterocycles. The van der Waals surface area contributed by atoms with E-state index in [1.54, 1.807) is 5.57 Å². The zero-order chi connectivity index (χ0) is 12.5. The largest absolute Gasteiger partial charge is 0.443 e. The van der Waals surface area contributed by atoms with Crippen molar-refractivity contribution in [1.29, 1.82) is 5.26 Å². The van der Waals surface area contributed by atoms with Crippen LogP contribution in [0, 0.1) is 35.0 Å². The van der Waals surface area contributed by atoms with Gasteiger partial charge in [0.15, 0.2) is 0 Å². The molecular weight excluding hydrogens is 226 g/mol. The molecule has 4 aliphatic rings. The smallest absolute Gasteiger partial charge is 0.304 e. The van der Waals surface area contributed by atoms with E-state index in [-0.39, 0.29) is 11.9 Å². The molecule has 0 unspecified atom stereocenters. The van der Waals surface area contributed by atoms with Crippen LogP contribution in [-0.2, 0) is 9.53 Å². The van der Waals surface area contributed by atoms with Crippen LogP contribution in [0.2, 0.25) is 0 Å². The zero-order valence-corrected chi connectivity index (χ0v) is 10.6. The van der Waals surface area contributed by atoms with Crippen LogP contribution in [0.3, 0.4) is 0 Å². The predicted molar refractivity (Wildman–Crippen MR) is 64.2 cm³/mol. The monoisotopic (exact) mass is 243 g/mol. The molecule has 3 heteroatoms. The maximum Gasteiger partial charge on any atom is 0.304 e. The normalized spacial score (nSPS) is 47.3. The molecule has 18 heavy (non-hydrogen) atoms. The molecule has 0 aliphatic heterocycles. The lowest BCUT2D eigenvalue weighted by atomic mass is 9.75. The molecule has 0 saturated heterocycles. The van der Waals surface area contributed by atoms with Crippen LogP contribution < -0.4 is 0 Å². The number of carbonyl (C=O) groups is 1. The van der Waals surface area contributed by atoms with Crippen LogP contribution in [0.25, 0.3) is 0 Å². The minimum absolute atomic E-state index is 0.210. The minimum Gasteiger partial charge on any atom is -0.443 e. The second kappa shape index (κ2) is 3.17. The van der Waals surface area contributed by atoms with E-state index >= 15 is 0 Å². The van der Waals surface area contributed by atoms with Gasteiger partial charge in [0.05, 0.1) is 0 Å². The molecule has 0 aromatic carbocycles. The number of hydrogen-bond donors (Lipinski definition) is 0. The fourth-order valence-electron chi connectivity index (χ4n) is 5.27. The van der Waals surface area contributed by atoms with Gasteiger partial charge in [0.1, 0.15) is 6.07 Å². The lowest BCUT2D eigenvalue weighted by Crippen LogP contribution is -2.40. The standard InChI is InChI=1S/C15H17NO2/c1-8(17)18-15(7-16)6-11-5-12(15)14-10-3-2-9(4-10)13(11)14/h9-12H,2-6H2,1H3/t9-,10-,11+,12-,15+/m0/s1. The van der Waals surface area contributed by atoms with E-state index < -0.39 is 5.60 Å². The topological polar surface area (TPSA) is 50.1 Å². The van der Waals surface area contributed by atoms with Crippen LogP contribution in [0.4, 0.5) is 0 Å². The average molecular weight is 243 g/mol. The van der Waals surface area contributed by atoms with Crippen LogP contribution in [0.5, 0.6) is 0 Å². The summed E-state index contributed by atoms with van der Waals surface area (Å²) >= 11 is 0. The van der Waals surface area contributed by atoms with E-state index in [1.807, 2.05) is 0 Å². The molecule has 4 aliphatic carbocycles. The molecule has 2 fully saturated rings. The number of allylic oxidation sites excluding steroid dienone is 1. The molecule has 0 amide bonds. The molecule has 0 radical (unpaired) electrons. The van der Waals surface area contributed by atoms with Gasteiger partial charge < -0.3 is 4.74 Å². The number of ether oxygens (including phenoxy) is 1. The van der Waals surface area contributed by atoms with E-state index in [2.05, 4.69) is 6.07 Å². The van der Waals surface area contributed by atoms with E-state index in [1.165, 1.54) is 31.8 Å². The highest BCUT2D eigenvalue weighted by atomic mass is 16.6. The molecule has 0 N–H and O–H groups in total. The summed E-state index contributed by atoms with van der Waals surface area (Å²) < 4.78 is 5.46. The number of esters is 1. The first-order chi connectivity index (χ1) is 8.64. The Bertz CT molecular complexity index is 515. The number of rotatable bonds is 1. The first-order valence-corrected chi connectivity index (χ1v) is 6.99. The second-order valence-corrected chi connectivity index (χ2v) is 6.40. The zero-order valence-electron chi connectivity index (χ0n) is 10.6. The van der Waals surface area contributed by atoms with Crippen molar-refractivity contribution in [2.45, 2.75) is 44.6 Å². The van der Waals surface area contributed by atoms with Crippen molar-refractivity contribution >= 4 is 5.97 Å². The van der Waals surface area contributed by atoms with Gasteiger partial charge in [0, 0.05) is 19.3 Å². The van der Waals surface area contributed by atoms with E-state index in [4.69, 9.17) is 4.74 Å². The van der Waals surface area contributed by atoms with Gasteiger partial charge in [-0.25, -0.2) is 0 Å². The van der Waals surface area contributed by atoms with Crippen LogP contribution in [0.1, 0.15) is 39.0 Å². The molecule has 4 bridgehead atoms. The van der Waals surface area contributed by atoms with E-state index in [0.29, 0.717) is 11.8 Å². The molecule has 94 valence electrons. The van der Waals surface area contributed by atoms with Crippen LogP contribution in [-0.4, -0.2) is 11.6 Å². The average Bonchev–Trinajstić information content (AvgIpc) is 3.05. The van der Waals surface area contributed by atoms with E-state index in [0.717, 1.165) is 18.8 Å². The lowest BCUT2D eigenvalue weighted by Gasteiger charge is -2.35. The van der Waals surface area contributed by atoms with Gasteiger partial charge in [0.25, 0.3) is 0 Å². The number of hydrogen-bond acceptors (Lipinski definition) is 3. The first kappa shape index (κ1) is 10.6. The summed E-state index contributed by atoms with van der Waals surface area (Å²) in [6.45, 7) is 1.42. The van der Waals surface area contributed by atoms with Gasteiger partial charge in [-0.2, -0.15) is 5.26 Å². The lowest BCUT2D eigenvalue weighted by molar-refractivity contribution is -0.154. The Hall–Kier alpha value is -1.30. The third-order valence-electron chi connectivity index (χ3n) is 5.61. The van der Waals surface area contributed by atoms with Gasteiger partial charge in [-0.1, -0.05) is 11.1 Å². The second-order valence-electron chi connectivity index (χ2n) is 6.40. The summed E-state index contributed by atoms with van der Waals surface area (Å²) in [5.74, 6) is 1.92. The maximum atomic E-state index is 11.3. The summed E-state index contributed by atoms with van der Waals surface area (Å²) in [5, 5.41) is 9.53. The van der Waals surface area contributed by atoms with Crippen LogP contribution in [0.15, 0.2) is 11.1 Å². The maximum absolute atomic E-state index is 11.3. The Labute approximate surface area is 107 Å². The Kier molecular flexibility index (Phi) is 1.87. The van der Waals surface area contributed by atoms with E-state index in [9.17, 15) is 10.1 Å². The van der Waals surface area contributed by atoms with Crippen molar-refractivity contribution < 1.29 is 9.53 Å². The minimum atomic E-state index is -0.834. The van der Waals surface area contributed by atoms with Gasteiger partial charge in [-0.3, -0.25) is 4.79 Å². The SMILES string of the molecule is CC(=O)O[C@@]1(C#N)C[C@H]2C[C@H]1C1=C2[C@H]2CC[C@H]1C2.